The highest BCUT2D eigenvalue weighted by Gasteiger charge is 2.31. The number of anilines is 1. The summed E-state index contributed by atoms with van der Waals surface area (Å²) in [5.41, 5.74) is 6.97. The number of rotatable bonds is 5. The fourth-order valence-electron chi connectivity index (χ4n) is 3.94. The molecule has 0 bridgehead atoms. The smallest absolute Gasteiger partial charge is 0.0630 e. The van der Waals surface area contributed by atoms with Gasteiger partial charge < -0.3 is 4.90 Å². The molecule has 0 aromatic heterocycles. The molecule has 0 amide bonds. The van der Waals surface area contributed by atoms with Crippen molar-refractivity contribution in [2.24, 2.45) is 4.99 Å². The van der Waals surface area contributed by atoms with Crippen molar-refractivity contribution in [2.75, 3.05) is 11.4 Å². The zero-order valence-electron chi connectivity index (χ0n) is 17.9. The molecule has 0 saturated heterocycles. The van der Waals surface area contributed by atoms with Crippen LogP contribution in [0.25, 0.3) is 5.57 Å². The molecular formula is C25H31ClN2. The highest BCUT2D eigenvalue weighted by atomic mass is 35.5. The Balaban J connectivity index is 1.95. The third-order valence-corrected chi connectivity index (χ3v) is 5.78. The van der Waals surface area contributed by atoms with Gasteiger partial charge in [-0.05, 0) is 68.5 Å². The highest BCUT2D eigenvalue weighted by Crippen LogP contribution is 2.41. The molecule has 0 saturated carbocycles. The van der Waals surface area contributed by atoms with Crippen molar-refractivity contribution in [3.8, 4) is 0 Å². The van der Waals surface area contributed by atoms with E-state index in [4.69, 9.17) is 11.6 Å². The van der Waals surface area contributed by atoms with Gasteiger partial charge in [0.25, 0.3) is 0 Å². The minimum absolute atomic E-state index is 0.00973. The number of hydrogen-bond donors (Lipinski definition) is 0. The SMILES string of the molecule is CCCN1c2cc(Cl)c(C=Nc3ccc(C(C)C)cc3)cc2C(C)=CC1(C)C. The largest absolute Gasteiger partial charge is 0.362 e. The molecule has 2 aromatic carbocycles. The quantitative estimate of drug-likeness (QED) is 0.476. The summed E-state index contributed by atoms with van der Waals surface area (Å²) in [6.07, 6.45) is 5.33. The molecule has 3 heteroatoms. The first-order chi connectivity index (χ1) is 13.2. The van der Waals surface area contributed by atoms with Crippen LogP contribution in [-0.2, 0) is 0 Å². The van der Waals surface area contributed by atoms with E-state index in [-0.39, 0.29) is 5.54 Å². The molecule has 0 unspecified atom stereocenters. The van der Waals surface area contributed by atoms with Gasteiger partial charge in [-0.2, -0.15) is 0 Å². The lowest BCUT2D eigenvalue weighted by atomic mass is 9.88. The average Bonchev–Trinajstić information content (AvgIpc) is 2.63. The van der Waals surface area contributed by atoms with Gasteiger partial charge in [-0.15, -0.1) is 0 Å². The molecule has 2 nitrogen and oxygen atoms in total. The lowest BCUT2D eigenvalue weighted by Crippen LogP contribution is -2.45. The van der Waals surface area contributed by atoms with Gasteiger partial charge in [-0.3, -0.25) is 4.99 Å². The standard InChI is InChI=1S/C25H31ClN2/c1-7-12-28-24-14-23(26)20(13-22(24)18(4)15-25(28,5)6)16-27-21-10-8-19(9-11-21)17(2)3/h8-11,13-17H,7,12H2,1-6H3. The van der Waals surface area contributed by atoms with Crippen molar-refractivity contribution in [1.29, 1.82) is 0 Å². The molecule has 0 atom stereocenters. The molecule has 28 heavy (non-hydrogen) atoms. The van der Waals surface area contributed by atoms with E-state index in [9.17, 15) is 0 Å². The van der Waals surface area contributed by atoms with Crippen LogP contribution in [0.1, 0.15) is 70.6 Å². The number of allylic oxidation sites excluding steroid dienone is 1. The number of hydrogen-bond acceptors (Lipinski definition) is 2. The second-order valence-electron chi connectivity index (χ2n) is 8.53. The summed E-state index contributed by atoms with van der Waals surface area (Å²) in [6.45, 7) is 14.3. The predicted molar refractivity (Wildman–Crippen MR) is 125 cm³/mol. The van der Waals surface area contributed by atoms with Crippen LogP contribution >= 0.6 is 11.6 Å². The third-order valence-electron chi connectivity index (χ3n) is 5.46. The molecule has 0 N–H and O–H groups in total. The van der Waals surface area contributed by atoms with E-state index >= 15 is 0 Å². The Hall–Kier alpha value is -2.06. The maximum Gasteiger partial charge on any atom is 0.0630 e. The summed E-state index contributed by atoms with van der Waals surface area (Å²) in [5.74, 6) is 0.526. The van der Waals surface area contributed by atoms with Crippen molar-refractivity contribution in [3.63, 3.8) is 0 Å². The van der Waals surface area contributed by atoms with Crippen molar-refractivity contribution in [1.82, 2.24) is 0 Å². The molecule has 1 aliphatic heterocycles. The van der Waals surface area contributed by atoms with Gasteiger partial charge in [0.1, 0.15) is 0 Å². The van der Waals surface area contributed by atoms with Gasteiger partial charge in [-0.25, -0.2) is 0 Å². The van der Waals surface area contributed by atoms with Crippen LogP contribution in [0.3, 0.4) is 0 Å². The normalized spacial score (nSPS) is 15.9. The van der Waals surface area contributed by atoms with Gasteiger partial charge in [0.15, 0.2) is 0 Å². The Morgan fingerprint density at radius 3 is 2.43 bits per heavy atom. The van der Waals surface area contributed by atoms with E-state index in [0.29, 0.717) is 5.92 Å². The molecule has 2 aromatic rings. The Morgan fingerprint density at radius 1 is 1.14 bits per heavy atom. The summed E-state index contributed by atoms with van der Waals surface area (Å²) in [7, 11) is 0. The second-order valence-corrected chi connectivity index (χ2v) is 8.94. The summed E-state index contributed by atoms with van der Waals surface area (Å²) in [6, 6.07) is 12.7. The molecule has 0 aliphatic carbocycles. The first-order valence-corrected chi connectivity index (χ1v) is 10.6. The van der Waals surface area contributed by atoms with E-state index in [1.807, 2.05) is 6.21 Å². The topological polar surface area (TPSA) is 15.6 Å². The summed E-state index contributed by atoms with van der Waals surface area (Å²) in [5, 5.41) is 0.743. The van der Waals surface area contributed by atoms with Crippen LogP contribution in [0.4, 0.5) is 11.4 Å². The van der Waals surface area contributed by atoms with Crippen molar-refractivity contribution in [3.05, 3.63) is 64.2 Å². The van der Waals surface area contributed by atoms with E-state index in [2.05, 4.69) is 93.9 Å². The molecule has 148 valence electrons. The lowest BCUT2D eigenvalue weighted by Gasteiger charge is -2.43. The Kier molecular flexibility index (Phi) is 6.00. The van der Waals surface area contributed by atoms with Crippen molar-refractivity contribution in [2.45, 2.75) is 59.4 Å². The molecular weight excluding hydrogens is 364 g/mol. The summed E-state index contributed by atoms with van der Waals surface area (Å²) >= 11 is 6.66. The molecule has 1 aliphatic rings. The van der Waals surface area contributed by atoms with E-state index in [1.54, 1.807) is 0 Å². The maximum absolute atomic E-state index is 6.66. The summed E-state index contributed by atoms with van der Waals surface area (Å²) in [4.78, 5) is 7.10. The summed E-state index contributed by atoms with van der Waals surface area (Å²) < 4.78 is 0. The fraction of sp³-hybridized carbons (Fsp3) is 0.400. The second kappa shape index (κ2) is 8.13. The molecule has 1 heterocycles. The minimum atomic E-state index is -0.00973. The molecule has 0 radical (unpaired) electrons. The number of aliphatic imine (C=N–C) groups is 1. The van der Waals surface area contributed by atoms with Gasteiger partial charge in [0, 0.05) is 29.6 Å². The van der Waals surface area contributed by atoms with Gasteiger partial charge in [0.05, 0.1) is 16.2 Å². The number of benzene rings is 2. The molecule has 0 fully saturated rings. The average molecular weight is 395 g/mol. The van der Waals surface area contributed by atoms with Crippen LogP contribution in [0.15, 0.2) is 47.5 Å². The molecule has 0 spiro atoms. The molecule has 3 rings (SSSR count). The van der Waals surface area contributed by atoms with E-state index < -0.39 is 0 Å². The van der Waals surface area contributed by atoms with Crippen LogP contribution in [0.2, 0.25) is 5.02 Å². The number of halogens is 1. The predicted octanol–water partition coefficient (Wildman–Crippen LogP) is 7.63. The maximum atomic E-state index is 6.66. The fourth-order valence-corrected chi connectivity index (χ4v) is 4.14. The van der Waals surface area contributed by atoms with Crippen molar-refractivity contribution < 1.29 is 0 Å². The van der Waals surface area contributed by atoms with Crippen LogP contribution in [0, 0.1) is 0 Å². The first kappa shape index (κ1) is 20.7. The van der Waals surface area contributed by atoms with Crippen LogP contribution in [-0.4, -0.2) is 18.3 Å². The third kappa shape index (κ3) is 4.17. The monoisotopic (exact) mass is 394 g/mol. The lowest BCUT2D eigenvalue weighted by molar-refractivity contribution is 0.550. The Morgan fingerprint density at radius 2 is 1.82 bits per heavy atom. The zero-order chi connectivity index (χ0) is 20.5. The number of nitrogens with zero attached hydrogens (tertiary/aromatic N) is 2. The van der Waals surface area contributed by atoms with Crippen molar-refractivity contribution >= 4 is 34.8 Å². The van der Waals surface area contributed by atoms with Gasteiger partial charge in [-0.1, -0.05) is 50.6 Å². The Bertz CT molecular complexity index is 905. The highest BCUT2D eigenvalue weighted by molar-refractivity contribution is 6.33. The van der Waals surface area contributed by atoms with Crippen LogP contribution in [0.5, 0.6) is 0 Å². The minimum Gasteiger partial charge on any atom is -0.362 e. The van der Waals surface area contributed by atoms with E-state index in [0.717, 1.165) is 29.2 Å². The first-order valence-electron chi connectivity index (χ1n) is 10.2. The number of fused-ring (bicyclic) bond motifs is 1. The van der Waals surface area contributed by atoms with Gasteiger partial charge >= 0.3 is 0 Å². The zero-order valence-corrected chi connectivity index (χ0v) is 18.6. The van der Waals surface area contributed by atoms with E-state index in [1.165, 1.54) is 22.4 Å². The van der Waals surface area contributed by atoms with Crippen LogP contribution < -0.4 is 4.90 Å². The van der Waals surface area contributed by atoms with Gasteiger partial charge in [0.2, 0.25) is 0 Å². The Labute approximate surface area is 174 Å².